The summed E-state index contributed by atoms with van der Waals surface area (Å²) in [5.41, 5.74) is -0.136. The van der Waals surface area contributed by atoms with Crippen LogP contribution in [0.25, 0.3) is 0 Å². The maximum absolute atomic E-state index is 12.2. The highest BCUT2D eigenvalue weighted by Gasteiger charge is 2.17. The number of ether oxygens (including phenoxy) is 2. The molecule has 0 aliphatic heterocycles. The largest absolute Gasteiger partial charge is 0.462 e. The van der Waals surface area contributed by atoms with E-state index in [1.807, 2.05) is 0 Å². The van der Waals surface area contributed by atoms with Gasteiger partial charge in [-0.05, 0) is 38.3 Å². The van der Waals surface area contributed by atoms with Gasteiger partial charge in [0.15, 0.2) is 0 Å². The molecule has 27 heavy (non-hydrogen) atoms. The molecule has 0 aliphatic rings. The fraction of sp³-hybridized carbons (Fsp3) is 0.333. The van der Waals surface area contributed by atoms with E-state index in [1.54, 1.807) is 32.2 Å². The number of nitrogens with zero attached hydrogens (tertiary/aromatic N) is 1. The quantitative estimate of drug-likeness (QED) is 0.725. The second-order valence-corrected chi connectivity index (χ2v) is 6.68. The number of amides is 1. The smallest absolute Gasteiger partial charge is 0.341 e. The number of rotatable bonds is 7. The zero-order valence-electron chi connectivity index (χ0n) is 15.2. The highest BCUT2D eigenvalue weighted by Crippen LogP contribution is 2.24. The summed E-state index contributed by atoms with van der Waals surface area (Å²) in [7, 11) is 0. The van der Waals surface area contributed by atoms with E-state index in [0.29, 0.717) is 5.00 Å². The molecular formula is C18H20N2O6S. The summed E-state index contributed by atoms with van der Waals surface area (Å²) < 4.78 is 11.1. The van der Waals surface area contributed by atoms with Crippen molar-refractivity contribution in [3.05, 3.63) is 51.3 Å². The Kier molecular flexibility index (Phi) is 6.89. The van der Waals surface area contributed by atoms with Gasteiger partial charge in [0, 0.05) is 12.3 Å². The van der Waals surface area contributed by atoms with Crippen LogP contribution < -0.4 is 10.9 Å². The van der Waals surface area contributed by atoms with E-state index < -0.39 is 23.4 Å². The summed E-state index contributed by atoms with van der Waals surface area (Å²) in [6.07, 6.45) is 1.05. The van der Waals surface area contributed by atoms with Gasteiger partial charge in [-0.2, -0.15) is 0 Å². The maximum Gasteiger partial charge on any atom is 0.341 e. The minimum absolute atomic E-state index is 0.119. The van der Waals surface area contributed by atoms with Crippen molar-refractivity contribution < 1.29 is 23.9 Å². The topological polar surface area (TPSA) is 104 Å². The van der Waals surface area contributed by atoms with Gasteiger partial charge in [-0.15, -0.1) is 11.3 Å². The van der Waals surface area contributed by atoms with Gasteiger partial charge in [0.2, 0.25) is 5.91 Å². The van der Waals surface area contributed by atoms with E-state index in [9.17, 15) is 19.2 Å². The molecular weight excluding hydrogens is 372 g/mol. The van der Waals surface area contributed by atoms with Crippen molar-refractivity contribution >= 4 is 34.2 Å². The normalized spacial score (nSPS) is 10.5. The lowest BCUT2D eigenvalue weighted by Gasteiger charge is -2.10. The van der Waals surface area contributed by atoms with Crippen LogP contribution in [0, 0.1) is 0 Å². The highest BCUT2D eigenvalue weighted by molar-refractivity contribution is 7.14. The molecule has 0 bridgehead atoms. The Morgan fingerprint density at radius 2 is 1.96 bits per heavy atom. The van der Waals surface area contributed by atoms with E-state index in [4.69, 9.17) is 9.47 Å². The van der Waals surface area contributed by atoms with Crippen LogP contribution in [0.1, 0.15) is 41.5 Å². The van der Waals surface area contributed by atoms with Crippen molar-refractivity contribution in [2.24, 2.45) is 0 Å². The van der Waals surface area contributed by atoms with Gasteiger partial charge in [0.05, 0.1) is 23.8 Å². The Morgan fingerprint density at radius 3 is 2.59 bits per heavy atom. The summed E-state index contributed by atoms with van der Waals surface area (Å²) >= 11 is 1.18. The van der Waals surface area contributed by atoms with Gasteiger partial charge in [-0.3, -0.25) is 9.59 Å². The maximum atomic E-state index is 12.2. The average Bonchev–Trinajstić information content (AvgIpc) is 3.04. The lowest BCUT2D eigenvalue weighted by molar-refractivity contribution is -0.116. The molecule has 2 aromatic heterocycles. The lowest BCUT2D eigenvalue weighted by atomic mass is 10.2. The molecule has 0 saturated carbocycles. The molecule has 0 spiro atoms. The van der Waals surface area contributed by atoms with Crippen molar-refractivity contribution in [2.75, 3.05) is 11.9 Å². The number of pyridine rings is 1. The fourth-order valence-corrected chi connectivity index (χ4v) is 2.94. The Balaban J connectivity index is 2.07. The molecule has 0 atom stereocenters. The number of carbonyl (C=O) groups is 3. The van der Waals surface area contributed by atoms with E-state index >= 15 is 0 Å². The number of hydrogen-bond donors (Lipinski definition) is 1. The van der Waals surface area contributed by atoms with Crippen molar-refractivity contribution in [3.63, 3.8) is 0 Å². The van der Waals surface area contributed by atoms with Crippen LogP contribution in [0.3, 0.4) is 0 Å². The number of nitrogens with one attached hydrogen (secondary N) is 1. The highest BCUT2D eigenvalue weighted by atomic mass is 32.1. The average molecular weight is 392 g/mol. The molecule has 0 aromatic carbocycles. The number of carbonyl (C=O) groups excluding carboxylic acids is 3. The van der Waals surface area contributed by atoms with E-state index in [-0.39, 0.29) is 30.4 Å². The molecule has 0 fully saturated rings. The van der Waals surface area contributed by atoms with E-state index in [2.05, 4.69) is 5.32 Å². The first-order valence-corrected chi connectivity index (χ1v) is 9.15. The monoisotopic (exact) mass is 392 g/mol. The van der Waals surface area contributed by atoms with E-state index in [1.165, 1.54) is 23.6 Å². The summed E-state index contributed by atoms with van der Waals surface area (Å²) in [5.74, 6) is -1.61. The van der Waals surface area contributed by atoms with Gasteiger partial charge in [0.1, 0.15) is 11.5 Å². The molecule has 0 radical (unpaired) electrons. The zero-order chi connectivity index (χ0) is 20.0. The Morgan fingerprint density at radius 1 is 1.22 bits per heavy atom. The van der Waals surface area contributed by atoms with Crippen LogP contribution in [-0.2, 0) is 20.8 Å². The van der Waals surface area contributed by atoms with Gasteiger partial charge >= 0.3 is 11.9 Å². The molecule has 0 unspecified atom stereocenters. The number of anilines is 1. The molecule has 2 heterocycles. The van der Waals surface area contributed by atoms with Gasteiger partial charge in [0.25, 0.3) is 5.56 Å². The Bertz CT molecular complexity index is 899. The fourth-order valence-electron chi connectivity index (χ4n) is 2.14. The summed E-state index contributed by atoms with van der Waals surface area (Å²) in [4.78, 5) is 48.0. The van der Waals surface area contributed by atoms with Crippen LogP contribution in [0.2, 0.25) is 0 Å². The minimum atomic E-state index is -0.601. The first-order chi connectivity index (χ1) is 12.8. The number of esters is 2. The van der Waals surface area contributed by atoms with E-state index in [0.717, 1.165) is 10.6 Å². The van der Waals surface area contributed by atoms with Crippen LogP contribution in [0.15, 0.2) is 34.6 Å². The van der Waals surface area contributed by atoms with Crippen LogP contribution in [0.4, 0.5) is 5.00 Å². The summed E-state index contributed by atoms with van der Waals surface area (Å²) in [6, 6.07) is 4.08. The van der Waals surface area contributed by atoms with Crippen molar-refractivity contribution in [1.82, 2.24) is 4.57 Å². The van der Waals surface area contributed by atoms with Gasteiger partial charge in [-0.25, -0.2) is 9.59 Å². The number of thiophene rings is 1. The van der Waals surface area contributed by atoms with Crippen LogP contribution in [0.5, 0.6) is 0 Å². The van der Waals surface area contributed by atoms with Crippen LogP contribution >= 0.6 is 11.3 Å². The Hall–Kier alpha value is -2.94. The lowest BCUT2D eigenvalue weighted by Crippen LogP contribution is -2.28. The van der Waals surface area contributed by atoms with Crippen molar-refractivity contribution in [3.8, 4) is 0 Å². The third-order valence-electron chi connectivity index (χ3n) is 3.30. The molecule has 8 nitrogen and oxygen atoms in total. The predicted molar refractivity (Wildman–Crippen MR) is 100 cm³/mol. The first kappa shape index (κ1) is 20.4. The molecule has 0 saturated heterocycles. The number of aromatic nitrogens is 1. The molecule has 2 aromatic rings. The van der Waals surface area contributed by atoms with Crippen molar-refractivity contribution in [2.45, 2.75) is 33.4 Å². The zero-order valence-corrected chi connectivity index (χ0v) is 16.0. The van der Waals surface area contributed by atoms with Gasteiger partial charge < -0.3 is 19.4 Å². The van der Waals surface area contributed by atoms with Gasteiger partial charge in [-0.1, -0.05) is 0 Å². The number of hydrogen-bond acceptors (Lipinski definition) is 7. The standard InChI is InChI=1S/C18H20N2O6S/c1-4-25-18(24)13-6-8-27-16(13)19-14(21)10-20-7-5-12(9-15(20)22)17(23)26-11(2)3/h5-9,11H,4,10H2,1-3H3,(H,19,21). The third-order valence-corrected chi connectivity index (χ3v) is 4.13. The SMILES string of the molecule is CCOC(=O)c1ccsc1NC(=O)Cn1ccc(C(=O)OC(C)C)cc1=O. The molecule has 9 heteroatoms. The second kappa shape index (κ2) is 9.13. The summed E-state index contributed by atoms with van der Waals surface area (Å²) in [6.45, 7) is 5.06. The summed E-state index contributed by atoms with van der Waals surface area (Å²) in [5, 5.41) is 4.60. The molecule has 144 valence electrons. The minimum Gasteiger partial charge on any atom is -0.462 e. The molecule has 2 rings (SSSR count). The van der Waals surface area contributed by atoms with Crippen molar-refractivity contribution in [1.29, 1.82) is 0 Å². The first-order valence-electron chi connectivity index (χ1n) is 8.27. The van der Waals surface area contributed by atoms with Crippen LogP contribution in [-0.4, -0.2) is 35.1 Å². The molecule has 1 N–H and O–H groups in total. The third kappa shape index (κ3) is 5.52. The Labute approximate surface area is 159 Å². The molecule has 0 aliphatic carbocycles. The predicted octanol–water partition coefficient (Wildman–Crippen LogP) is 2.29. The second-order valence-electron chi connectivity index (χ2n) is 5.77. The molecule has 1 amide bonds.